The Morgan fingerprint density at radius 1 is 1.43 bits per heavy atom. The summed E-state index contributed by atoms with van der Waals surface area (Å²) in [7, 11) is 0. The zero-order valence-electron chi connectivity index (χ0n) is 11.3. The minimum absolute atomic E-state index is 0.166. The number of hydrogen-bond donors (Lipinski definition) is 2. The van der Waals surface area contributed by atoms with E-state index in [1.165, 1.54) is 18.3 Å². The number of aromatic nitrogens is 1. The summed E-state index contributed by atoms with van der Waals surface area (Å²) in [5.41, 5.74) is -1.60. The molecule has 1 fully saturated rings. The average Bonchev–Trinajstić information content (AvgIpc) is 2.94. The fraction of sp³-hybridized carbons (Fsp3) is 0.429. The van der Waals surface area contributed by atoms with E-state index in [4.69, 9.17) is 10.00 Å². The summed E-state index contributed by atoms with van der Waals surface area (Å²) in [5, 5.41) is 11.7. The van der Waals surface area contributed by atoms with Crippen molar-refractivity contribution in [2.75, 3.05) is 6.61 Å². The number of pyridine rings is 1. The molecule has 0 saturated heterocycles. The van der Waals surface area contributed by atoms with Gasteiger partial charge in [-0.25, -0.2) is 4.79 Å². The second kappa shape index (κ2) is 6.22. The van der Waals surface area contributed by atoms with Crippen LogP contribution in [-0.2, 0) is 9.53 Å². The van der Waals surface area contributed by atoms with Crippen LogP contribution in [0.4, 0.5) is 0 Å². The average molecular weight is 289 g/mol. The van der Waals surface area contributed by atoms with Crippen molar-refractivity contribution >= 4 is 11.9 Å². The molecule has 21 heavy (non-hydrogen) atoms. The van der Waals surface area contributed by atoms with E-state index in [0.717, 1.165) is 12.8 Å². The highest BCUT2D eigenvalue weighted by Crippen LogP contribution is 2.28. The van der Waals surface area contributed by atoms with Crippen LogP contribution in [0.1, 0.15) is 36.0 Å². The summed E-state index contributed by atoms with van der Waals surface area (Å²) in [6.07, 6.45) is 4.35. The van der Waals surface area contributed by atoms with Crippen molar-refractivity contribution in [3.63, 3.8) is 0 Å². The third kappa shape index (κ3) is 3.48. The first-order valence-corrected chi connectivity index (χ1v) is 6.63. The van der Waals surface area contributed by atoms with Crippen LogP contribution in [0.3, 0.4) is 0 Å². The molecular weight excluding hydrogens is 274 g/mol. The van der Waals surface area contributed by atoms with Crippen LogP contribution >= 0.6 is 0 Å². The summed E-state index contributed by atoms with van der Waals surface area (Å²) in [4.78, 5) is 37.2. The fourth-order valence-corrected chi connectivity index (χ4v) is 2.34. The first kappa shape index (κ1) is 14.8. The predicted octanol–water partition coefficient (Wildman–Crippen LogP) is 0.484. The summed E-state index contributed by atoms with van der Waals surface area (Å²) >= 11 is 0. The molecule has 2 rings (SSSR count). The molecule has 1 aromatic rings. The van der Waals surface area contributed by atoms with Gasteiger partial charge in [-0.2, -0.15) is 5.26 Å². The van der Waals surface area contributed by atoms with Crippen molar-refractivity contribution in [3.8, 4) is 6.07 Å². The first-order valence-electron chi connectivity index (χ1n) is 6.63. The smallest absolute Gasteiger partial charge is 0.344 e. The molecule has 7 heteroatoms. The van der Waals surface area contributed by atoms with E-state index in [1.54, 1.807) is 0 Å². The van der Waals surface area contributed by atoms with Gasteiger partial charge in [0.2, 0.25) is 0 Å². The van der Waals surface area contributed by atoms with Crippen molar-refractivity contribution in [3.05, 3.63) is 34.2 Å². The van der Waals surface area contributed by atoms with E-state index in [2.05, 4.69) is 16.4 Å². The Morgan fingerprint density at radius 2 is 2.14 bits per heavy atom. The maximum absolute atomic E-state index is 11.8. The van der Waals surface area contributed by atoms with E-state index in [0.29, 0.717) is 12.8 Å². The summed E-state index contributed by atoms with van der Waals surface area (Å²) in [6.45, 7) is -0.517. The van der Waals surface area contributed by atoms with E-state index < -0.39 is 29.6 Å². The lowest BCUT2D eigenvalue weighted by Crippen LogP contribution is -2.46. The van der Waals surface area contributed by atoms with Crippen LogP contribution in [0.2, 0.25) is 0 Å². The maximum atomic E-state index is 11.8. The molecule has 0 aliphatic heterocycles. The van der Waals surface area contributed by atoms with Crippen LogP contribution < -0.4 is 10.9 Å². The fourth-order valence-electron chi connectivity index (χ4n) is 2.34. The second-order valence-corrected chi connectivity index (χ2v) is 4.94. The molecule has 7 nitrogen and oxygen atoms in total. The summed E-state index contributed by atoms with van der Waals surface area (Å²) in [6, 6.07) is 4.91. The number of esters is 1. The molecule has 1 heterocycles. The van der Waals surface area contributed by atoms with Gasteiger partial charge in [0, 0.05) is 6.20 Å². The quantitative estimate of drug-likeness (QED) is 0.783. The highest BCUT2D eigenvalue weighted by atomic mass is 16.5. The van der Waals surface area contributed by atoms with Gasteiger partial charge in [0.25, 0.3) is 11.5 Å². The Kier molecular flexibility index (Phi) is 4.38. The van der Waals surface area contributed by atoms with Gasteiger partial charge < -0.3 is 15.0 Å². The van der Waals surface area contributed by atoms with Gasteiger partial charge in [-0.15, -0.1) is 0 Å². The number of amides is 1. The largest absolute Gasteiger partial charge is 0.452 e. The van der Waals surface area contributed by atoms with Gasteiger partial charge in [0.15, 0.2) is 6.61 Å². The molecule has 2 N–H and O–H groups in total. The molecule has 0 atom stereocenters. The molecule has 110 valence electrons. The van der Waals surface area contributed by atoms with E-state index >= 15 is 0 Å². The van der Waals surface area contributed by atoms with Gasteiger partial charge in [-0.3, -0.25) is 9.59 Å². The van der Waals surface area contributed by atoms with Crippen LogP contribution in [0.5, 0.6) is 0 Å². The van der Waals surface area contributed by atoms with Crippen molar-refractivity contribution in [1.82, 2.24) is 10.3 Å². The predicted molar refractivity (Wildman–Crippen MR) is 72.3 cm³/mol. The standard InChI is InChI=1S/C14H15N3O4/c15-9-14(5-1-2-6-14)17-11(18)8-21-13(20)10-4-3-7-16-12(10)19/h3-4,7H,1-2,5-6,8H2,(H,16,19)(H,17,18). The molecule has 1 aromatic heterocycles. The van der Waals surface area contributed by atoms with E-state index in [1.807, 2.05) is 0 Å². The van der Waals surface area contributed by atoms with Crippen molar-refractivity contribution < 1.29 is 14.3 Å². The van der Waals surface area contributed by atoms with Crippen molar-refractivity contribution in [1.29, 1.82) is 5.26 Å². The molecule has 1 aliphatic carbocycles. The molecule has 0 bridgehead atoms. The highest BCUT2D eigenvalue weighted by Gasteiger charge is 2.35. The number of nitrogens with zero attached hydrogens (tertiary/aromatic N) is 1. The zero-order chi connectivity index (χ0) is 15.3. The number of hydrogen-bond acceptors (Lipinski definition) is 5. The van der Waals surface area contributed by atoms with Gasteiger partial charge >= 0.3 is 5.97 Å². The normalized spacial score (nSPS) is 16.0. The van der Waals surface area contributed by atoms with Crippen LogP contribution in [0.25, 0.3) is 0 Å². The molecule has 1 saturated carbocycles. The Labute approximate surface area is 120 Å². The highest BCUT2D eigenvalue weighted by molar-refractivity contribution is 5.91. The Morgan fingerprint density at radius 3 is 2.76 bits per heavy atom. The number of carbonyl (C=O) groups excluding carboxylic acids is 2. The topological polar surface area (TPSA) is 112 Å². The molecule has 0 unspecified atom stereocenters. The zero-order valence-corrected chi connectivity index (χ0v) is 11.3. The van der Waals surface area contributed by atoms with Gasteiger partial charge in [0.05, 0.1) is 6.07 Å². The number of nitrogens with one attached hydrogen (secondary N) is 2. The van der Waals surface area contributed by atoms with Crippen molar-refractivity contribution in [2.45, 2.75) is 31.2 Å². The number of rotatable bonds is 4. The molecule has 1 amide bonds. The molecule has 1 aliphatic rings. The molecular formula is C14H15N3O4. The third-order valence-corrected chi connectivity index (χ3v) is 3.42. The van der Waals surface area contributed by atoms with Crippen LogP contribution in [0.15, 0.2) is 23.1 Å². The van der Waals surface area contributed by atoms with Gasteiger partial charge in [0.1, 0.15) is 11.1 Å². The second-order valence-electron chi connectivity index (χ2n) is 4.94. The Hall–Kier alpha value is -2.62. The number of carbonyl (C=O) groups is 2. The molecule has 0 spiro atoms. The minimum Gasteiger partial charge on any atom is -0.452 e. The number of H-pyrrole nitrogens is 1. The maximum Gasteiger partial charge on any atom is 0.344 e. The van der Waals surface area contributed by atoms with Gasteiger partial charge in [-0.05, 0) is 37.8 Å². The minimum atomic E-state index is -0.871. The SMILES string of the molecule is N#CC1(NC(=O)COC(=O)c2ccc[nH]c2=O)CCCC1. The van der Waals surface area contributed by atoms with Crippen LogP contribution in [-0.4, -0.2) is 29.0 Å². The lowest BCUT2D eigenvalue weighted by atomic mass is 10.00. The lowest BCUT2D eigenvalue weighted by Gasteiger charge is -2.21. The van der Waals surface area contributed by atoms with E-state index in [-0.39, 0.29) is 5.56 Å². The number of aromatic amines is 1. The van der Waals surface area contributed by atoms with E-state index in [9.17, 15) is 14.4 Å². The Balaban J connectivity index is 1.90. The first-order chi connectivity index (χ1) is 10.1. The monoisotopic (exact) mass is 289 g/mol. The van der Waals surface area contributed by atoms with Crippen LogP contribution in [0, 0.1) is 11.3 Å². The van der Waals surface area contributed by atoms with Crippen molar-refractivity contribution in [2.24, 2.45) is 0 Å². The summed E-state index contributed by atoms with van der Waals surface area (Å²) < 4.78 is 4.79. The van der Waals surface area contributed by atoms with Gasteiger partial charge in [-0.1, -0.05) is 0 Å². The molecule has 0 radical (unpaired) electrons. The number of ether oxygens (including phenoxy) is 1. The third-order valence-electron chi connectivity index (χ3n) is 3.42. The number of nitriles is 1. The molecule has 0 aromatic carbocycles. The lowest BCUT2D eigenvalue weighted by molar-refractivity contribution is -0.125. The Bertz CT molecular complexity index is 638. The summed E-state index contributed by atoms with van der Waals surface area (Å²) in [5.74, 6) is -1.41.